The van der Waals surface area contributed by atoms with E-state index in [-0.39, 0.29) is 0 Å². The normalized spacial score (nSPS) is 16.5. The largest absolute Gasteiger partial charge is 0.343 e. The molecule has 1 aliphatic rings. The van der Waals surface area contributed by atoms with Crippen LogP contribution in [0.1, 0.15) is 33.1 Å². The third-order valence-electron chi connectivity index (χ3n) is 2.21. The summed E-state index contributed by atoms with van der Waals surface area (Å²) in [6, 6.07) is 0. The van der Waals surface area contributed by atoms with Gasteiger partial charge in [0.2, 0.25) is 5.91 Å². The van der Waals surface area contributed by atoms with Crippen molar-refractivity contribution in [1.82, 2.24) is 4.90 Å². The summed E-state index contributed by atoms with van der Waals surface area (Å²) < 4.78 is 0. The van der Waals surface area contributed by atoms with Gasteiger partial charge in [0.05, 0.1) is 0 Å². The van der Waals surface area contributed by atoms with Crippen molar-refractivity contribution < 1.29 is 4.79 Å². The fourth-order valence-corrected chi connectivity index (χ4v) is 1.24. The van der Waals surface area contributed by atoms with Gasteiger partial charge in [0.25, 0.3) is 0 Å². The molecular formula is C9H17NO. The van der Waals surface area contributed by atoms with E-state index < -0.39 is 0 Å². The predicted molar refractivity (Wildman–Crippen MR) is 45.3 cm³/mol. The van der Waals surface area contributed by atoms with E-state index in [1.165, 1.54) is 12.8 Å². The highest BCUT2D eigenvalue weighted by Crippen LogP contribution is 2.29. The summed E-state index contributed by atoms with van der Waals surface area (Å²) in [4.78, 5) is 13.2. The van der Waals surface area contributed by atoms with Gasteiger partial charge in [0, 0.05) is 19.5 Å². The molecule has 0 N–H and O–H groups in total. The number of rotatable bonds is 4. The van der Waals surface area contributed by atoms with Crippen molar-refractivity contribution in [3.05, 3.63) is 0 Å². The fraction of sp³-hybridized carbons (Fsp3) is 0.889. The van der Waals surface area contributed by atoms with Gasteiger partial charge in [-0.1, -0.05) is 6.92 Å². The number of nitrogens with zero attached hydrogens (tertiary/aromatic N) is 1. The molecule has 11 heavy (non-hydrogen) atoms. The van der Waals surface area contributed by atoms with Gasteiger partial charge in [-0.2, -0.15) is 0 Å². The second-order valence-corrected chi connectivity index (χ2v) is 3.23. The molecule has 0 unspecified atom stereocenters. The van der Waals surface area contributed by atoms with Gasteiger partial charge in [-0.3, -0.25) is 4.79 Å². The Morgan fingerprint density at radius 3 is 2.45 bits per heavy atom. The summed E-state index contributed by atoms with van der Waals surface area (Å²) >= 11 is 0. The number of carbonyl (C=O) groups excluding carboxylic acids is 1. The average Bonchev–Trinajstić information content (AvgIpc) is 2.82. The minimum Gasteiger partial charge on any atom is -0.343 e. The summed E-state index contributed by atoms with van der Waals surface area (Å²) in [6.07, 6.45) is 3.31. The maximum Gasteiger partial charge on any atom is 0.222 e. The number of hydrogen-bond acceptors (Lipinski definition) is 1. The van der Waals surface area contributed by atoms with Gasteiger partial charge in [-0.25, -0.2) is 0 Å². The molecule has 1 fully saturated rings. The molecule has 2 nitrogen and oxygen atoms in total. The van der Waals surface area contributed by atoms with Crippen LogP contribution in [0.4, 0.5) is 0 Å². The van der Waals surface area contributed by atoms with E-state index in [2.05, 4.69) is 6.92 Å². The third-order valence-corrected chi connectivity index (χ3v) is 2.21. The van der Waals surface area contributed by atoms with Gasteiger partial charge in [-0.15, -0.1) is 0 Å². The van der Waals surface area contributed by atoms with Crippen LogP contribution in [0.15, 0.2) is 0 Å². The molecule has 0 bridgehead atoms. The Labute approximate surface area is 68.6 Å². The minimum absolute atomic E-state index is 0.305. The first kappa shape index (κ1) is 8.57. The Kier molecular flexibility index (Phi) is 2.92. The zero-order valence-electron chi connectivity index (χ0n) is 7.47. The zero-order valence-corrected chi connectivity index (χ0v) is 7.47. The van der Waals surface area contributed by atoms with Crippen molar-refractivity contribution in [1.29, 1.82) is 0 Å². The van der Waals surface area contributed by atoms with Gasteiger partial charge in [-0.05, 0) is 25.7 Å². The van der Waals surface area contributed by atoms with E-state index in [1.807, 2.05) is 11.8 Å². The Bertz CT molecular complexity index is 140. The first-order valence-corrected chi connectivity index (χ1v) is 4.55. The Hall–Kier alpha value is -0.530. The van der Waals surface area contributed by atoms with Gasteiger partial charge < -0.3 is 4.90 Å². The molecular weight excluding hydrogens is 138 g/mol. The highest BCUT2D eigenvalue weighted by molar-refractivity contribution is 5.75. The molecule has 0 aromatic carbocycles. The van der Waals surface area contributed by atoms with E-state index in [4.69, 9.17) is 0 Å². The second-order valence-electron chi connectivity index (χ2n) is 3.23. The molecule has 1 saturated carbocycles. The molecule has 0 spiro atoms. The Morgan fingerprint density at radius 1 is 1.45 bits per heavy atom. The quantitative estimate of drug-likeness (QED) is 0.604. The zero-order chi connectivity index (χ0) is 8.27. The lowest BCUT2D eigenvalue weighted by Gasteiger charge is -2.19. The van der Waals surface area contributed by atoms with Crippen LogP contribution in [-0.4, -0.2) is 23.9 Å². The summed E-state index contributed by atoms with van der Waals surface area (Å²) in [5.41, 5.74) is 0. The smallest absolute Gasteiger partial charge is 0.222 e. The van der Waals surface area contributed by atoms with Crippen LogP contribution < -0.4 is 0 Å². The third kappa shape index (κ3) is 2.52. The molecule has 0 heterocycles. The second kappa shape index (κ2) is 3.74. The first-order chi connectivity index (χ1) is 5.27. The van der Waals surface area contributed by atoms with Crippen molar-refractivity contribution in [3.63, 3.8) is 0 Å². The van der Waals surface area contributed by atoms with Crippen LogP contribution in [0.25, 0.3) is 0 Å². The summed E-state index contributed by atoms with van der Waals surface area (Å²) in [5, 5.41) is 0. The summed E-state index contributed by atoms with van der Waals surface area (Å²) in [5.74, 6) is 1.13. The van der Waals surface area contributed by atoms with E-state index >= 15 is 0 Å². The highest BCUT2D eigenvalue weighted by Gasteiger charge is 2.25. The maximum absolute atomic E-state index is 11.2. The van der Waals surface area contributed by atoms with E-state index in [0.717, 1.165) is 19.0 Å². The predicted octanol–water partition coefficient (Wildman–Crippen LogP) is 1.65. The topological polar surface area (TPSA) is 20.3 Å². The van der Waals surface area contributed by atoms with Crippen molar-refractivity contribution in [2.24, 2.45) is 5.92 Å². The Balaban J connectivity index is 2.27. The number of amides is 1. The van der Waals surface area contributed by atoms with E-state index in [1.54, 1.807) is 0 Å². The molecule has 0 aromatic rings. The standard InChI is InChI=1S/C9H17NO/c1-3-9(11)10(4-2)7-8-5-6-8/h8H,3-7H2,1-2H3. The van der Waals surface area contributed by atoms with Crippen molar-refractivity contribution in [2.45, 2.75) is 33.1 Å². The van der Waals surface area contributed by atoms with Crippen LogP contribution in [0, 0.1) is 5.92 Å². The highest BCUT2D eigenvalue weighted by atomic mass is 16.2. The van der Waals surface area contributed by atoms with Crippen molar-refractivity contribution >= 4 is 5.91 Å². The number of carbonyl (C=O) groups is 1. The summed E-state index contributed by atoms with van der Waals surface area (Å²) in [6.45, 7) is 5.86. The molecule has 2 heteroatoms. The van der Waals surface area contributed by atoms with Gasteiger partial charge in [0.1, 0.15) is 0 Å². The lowest BCUT2D eigenvalue weighted by molar-refractivity contribution is -0.130. The van der Waals surface area contributed by atoms with Crippen LogP contribution in [0.3, 0.4) is 0 Å². The van der Waals surface area contributed by atoms with Crippen molar-refractivity contribution in [3.8, 4) is 0 Å². The SMILES string of the molecule is CCC(=O)N(CC)CC1CC1. The first-order valence-electron chi connectivity index (χ1n) is 4.55. The van der Waals surface area contributed by atoms with E-state index in [9.17, 15) is 4.79 Å². The molecule has 1 aliphatic carbocycles. The van der Waals surface area contributed by atoms with Crippen LogP contribution in [-0.2, 0) is 4.79 Å². The average molecular weight is 155 g/mol. The van der Waals surface area contributed by atoms with Crippen LogP contribution in [0.2, 0.25) is 0 Å². The lowest BCUT2D eigenvalue weighted by atomic mass is 10.3. The maximum atomic E-state index is 11.2. The van der Waals surface area contributed by atoms with Gasteiger partial charge >= 0.3 is 0 Å². The molecule has 0 atom stereocenters. The fourth-order valence-electron chi connectivity index (χ4n) is 1.24. The van der Waals surface area contributed by atoms with Crippen molar-refractivity contribution in [2.75, 3.05) is 13.1 Å². The molecule has 0 aromatic heterocycles. The Morgan fingerprint density at radius 2 is 2.09 bits per heavy atom. The molecule has 0 aliphatic heterocycles. The molecule has 0 radical (unpaired) electrons. The van der Waals surface area contributed by atoms with Gasteiger partial charge in [0.15, 0.2) is 0 Å². The monoisotopic (exact) mass is 155 g/mol. The van der Waals surface area contributed by atoms with Crippen LogP contribution >= 0.6 is 0 Å². The molecule has 1 amide bonds. The molecule has 64 valence electrons. The lowest BCUT2D eigenvalue weighted by Crippen LogP contribution is -2.31. The molecule has 1 rings (SSSR count). The van der Waals surface area contributed by atoms with E-state index in [0.29, 0.717) is 12.3 Å². The minimum atomic E-state index is 0.305. The molecule has 0 saturated heterocycles. The number of hydrogen-bond donors (Lipinski definition) is 0. The summed E-state index contributed by atoms with van der Waals surface area (Å²) in [7, 11) is 0. The van der Waals surface area contributed by atoms with Crippen LogP contribution in [0.5, 0.6) is 0 Å².